The Morgan fingerprint density at radius 2 is 2.46 bits per heavy atom. The van der Waals surface area contributed by atoms with Crippen LogP contribution >= 0.6 is 0 Å². The fourth-order valence-corrected chi connectivity index (χ4v) is 1.37. The van der Waals surface area contributed by atoms with Gasteiger partial charge in [-0.1, -0.05) is 0 Å². The van der Waals surface area contributed by atoms with Crippen molar-refractivity contribution in [3.63, 3.8) is 0 Å². The van der Waals surface area contributed by atoms with Gasteiger partial charge in [0.1, 0.15) is 0 Å². The van der Waals surface area contributed by atoms with Crippen molar-refractivity contribution in [1.82, 2.24) is 9.78 Å². The Balaban J connectivity index is 2.87. The summed E-state index contributed by atoms with van der Waals surface area (Å²) < 4.78 is 1.61. The van der Waals surface area contributed by atoms with E-state index in [9.17, 15) is 4.79 Å². The van der Waals surface area contributed by atoms with Crippen molar-refractivity contribution in [3.8, 4) is 0 Å². The monoisotopic (exact) mass is 183 g/mol. The zero-order chi connectivity index (χ0) is 10.0. The van der Waals surface area contributed by atoms with Gasteiger partial charge in [0, 0.05) is 7.05 Å². The molecular weight excluding hydrogens is 170 g/mol. The van der Waals surface area contributed by atoms with Crippen LogP contribution in [0, 0.1) is 6.92 Å². The van der Waals surface area contributed by atoms with Gasteiger partial charge in [-0.15, -0.1) is 0 Å². The number of rotatable bonds is 3. The van der Waals surface area contributed by atoms with Crippen molar-refractivity contribution in [3.05, 3.63) is 17.5 Å². The van der Waals surface area contributed by atoms with Crippen LogP contribution in [0.1, 0.15) is 23.7 Å². The van der Waals surface area contributed by atoms with Crippen LogP contribution in [0.4, 0.5) is 0 Å². The maximum absolute atomic E-state index is 10.4. The molecular formula is C8H13N3O2. The summed E-state index contributed by atoms with van der Waals surface area (Å²) in [4.78, 5) is 10.4. The Kier molecular flexibility index (Phi) is 2.67. The van der Waals surface area contributed by atoms with Gasteiger partial charge in [-0.3, -0.25) is 9.48 Å². The van der Waals surface area contributed by atoms with Gasteiger partial charge < -0.3 is 10.8 Å². The van der Waals surface area contributed by atoms with E-state index in [1.165, 1.54) is 0 Å². The molecule has 3 N–H and O–H groups in total. The quantitative estimate of drug-likeness (QED) is 0.701. The lowest BCUT2D eigenvalue weighted by Crippen LogP contribution is -2.19. The van der Waals surface area contributed by atoms with Gasteiger partial charge in [-0.05, 0) is 12.5 Å². The predicted molar refractivity (Wildman–Crippen MR) is 47.1 cm³/mol. The molecule has 1 aromatic rings. The van der Waals surface area contributed by atoms with Crippen LogP contribution in [-0.4, -0.2) is 20.9 Å². The van der Waals surface area contributed by atoms with Crippen molar-refractivity contribution >= 4 is 5.97 Å². The lowest BCUT2D eigenvalue weighted by Gasteiger charge is -2.10. The van der Waals surface area contributed by atoms with Crippen LogP contribution in [0.15, 0.2) is 6.20 Å². The Morgan fingerprint density at radius 3 is 2.85 bits per heavy atom. The number of aliphatic carboxylic acids is 1. The second-order valence-electron chi connectivity index (χ2n) is 3.04. The summed E-state index contributed by atoms with van der Waals surface area (Å²) in [6.07, 6.45) is 1.61. The van der Waals surface area contributed by atoms with Crippen LogP contribution in [0.2, 0.25) is 0 Å². The molecule has 1 rings (SSSR count). The summed E-state index contributed by atoms with van der Waals surface area (Å²) in [6, 6.07) is -0.481. The number of aryl methyl sites for hydroxylation is 2. The first-order valence-electron chi connectivity index (χ1n) is 3.98. The molecule has 0 amide bonds. The first-order valence-corrected chi connectivity index (χ1v) is 3.98. The highest BCUT2D eigenvalue weighted by molar-refractivity contribution is 5.67. The summed E-state index contributed by atoms with van der Waals surface area (Å²) in [5, 5.41) is 12.5. The average molecular weight is 183 g/mol. The number of hydrogen-bond acceptors (Lipinski definition) is 3. The Hall–Kier alpha value is -1.36. The summed E-state index contributed by atoms with van der Waals surface area (Å²) in [6.45, 7) is 1.87. The van der Waals surface area contributed by atoms with Gasteiger partial charge in [0.15, 0.2) is 0 Å². The molecule has 0 spiro atoms. The normalized spacial score (nSPS) is 12.8. The zero-order valence-electron chi connectivity index (χ0n) is 7.69. The van der Waals surface area contributed by atoms with Gasteiger partial charge >= 0.3 is 5.97 Å². The van der Waals surface area contributed by atoms with Gasteiger partial charge in [0.05, 0.1) is 24.4 Å². The van der Waals surface area contributed by atoms with E-state index in [0.29, 0.717) is 0 Å². The third-order valence-corrected chi connectivity index (χ3v) is 1.92. The second kappa shape index (κ2) is 3.57. The average Bonchev–Trinajstić information content (AvgIpc) is 2.29. The molecule has 72 valence electrons. The number of nitrogens with two attached hydrogens (primary N) is 1. The third-order valence-electron chi connectivity index (χ3n) is 1.92. The first-order chi connectivity index (χ1) is 6.02. The smallest absolute Gasteiger partial charge is 0.305 e. The Bertz CT molecular complexity index is 300. The van der Waals surface area contributed by atoms with Crippen LogP contribution in [0.5, 0.6) is 0 Å². The molecule has 13 heavy (non-hydrogen) atoms. The Morgan fingerprint density at radius 1 is 1.85 bits per heavy atom. The molecule has 1 atom stereocenters. The summed E-state index contributed by atoms with van der Waals surface area (Å²) in [7, 11) is 1.75. The van der Waals surface area contributed by atoms with Gasteiger partial charge in [-0.25, -0.2) is 0 Å². The van der Waals surface area contributed by atoms with E-state index in [-0.39, 0.29) is 6.42 Å². The molecule has 0 unspecified atom stereocenters. The van der Waals surface area contributed by atoms with E-state index < -0.39 is 12.0 Å². The second-order valence-corrected chi connectivity index (χ2v) is 3.04. The van der Waals surface area contributed by atoms with Crippen molar-refractivity contribution in [2.45, 2.75) is 19.4 Å². The van der Waals surface area contributed by atoms with E-state index >= 15 is 0 Å². The molecule has 1 heterocycles. The van der Waals surface area contributed by atoms with E-state index in [1.54, 1.807) is 17.9 Å². The lowest BCUT2D eigenvalue weighted by atomic mass is 10.1. The van der Waals surface area contributed by atoms with E-state index in [2.05, 4.69) is 5.10 Å². The fraction of sp³-hybridized carbons (Fsp3) is 0.500. The highest BCUT2D eigenvalue weighted by Crippen LogP contribution is 2.16. The molecule has 0 aliphatic carbocycles. The largest absolute Gasteiger partial charge is 0.481 e. The highest BCUT2D eigenvalue weighted by Gasteiger charge is 2.16. The number of nitrogens with zero attached hydrogens (tertiary/aromatic N) is 2. The maximum atomic E-state index is 10.4. The van der Waals surface area contributed by atoms with Crippen molar-refractivity contribution < 1.29 is 9.90 Å². The van der Waals surface area contributed by atoms with Gasteiger partial charge in [-0.2, -0.15) is 5.10 Å². The predicted octanol–water partition coefficient (Wildman–Crippen LogP) is 0.203. The fourth-order valence-electron chi connectivity index (χ4n) is 1.37. The topological polar surface area (TPSA) is 81.1 Å². The molecule has 0 aliphatic heterocycles. The molecule has 1 aromatic heterocycles. The third kappa shape index (κ3) is 2.06. The van der Waals surface area contributed by atoms with Crippen LogP contribution < -0.4 is 5.73 Å². The van der Waals surface area contributed by atoms with E-state index in [1.807, 2.05) is 6.92 Å². The molecule has 0 aliphatic rings. The molecule has 0 radical (unpaired) electrons. The highest BCUT2D eigenvalue weighted by atomic mass is 16.4. The molecule has 5 heteroatoms. The summed E-state index contributed by atoms with van der Waals surface area (Å²) >= 11 is 0. The van der Waals surface area contributed by atoms with Crippen molar-refractivity contribution in [2.75, 3.05) is 0 Å². The lowest BCUT2D eigenvalue weighted by molar-refractivity contribution is -0.137. The number of carboxylic acid groups (broad SMARTS) is 1. The minimum atomic E-state index is -0.895. The molecule has 0 bridgehead atoms. The number of carbonyl (C=O) groups is 1. The molecule has 0 fully saturated rings. The summed E-state index contributed by atoms with van der Waals surface area (Å²) in [5.74, 6) is -0.895. The molecule has 0 saturated heterocycles. The number of aromatic nitrogens is 2. The first kappa shape index (κ1) is 9.73. The SMILES string of the molecule is Cc1cnn(C)c1[C@H](N)CC(=O)O. The van der Waals surface area contributed by atoms with Gasteiger partial charge in [0.2, 0.25) is 0 Å². The van der Waals surface area contributed by atoms with Gasteiger partial charge in [0.25, 0.3) is 0 Å². The van der Waals surface area contributed by atoms with Crippen molar-refractivity contribution in [2.24, 2.45) is 12.8 Å². The van der Waals surface area contributed by atoms with Crippen LogP contribution in [0.3, 0.4) is 0 Å². The summed E-state index contributed by atoms with van der Waals surface area (Å²) in [5.41, 5.74) is 7.41. The molecule has 0 aromatic carbocycles. The Labute approximate surface area is 76.2 Å². The van der Waals surface area contributed by atoms with Crippen molar-refractivity contribution in [1.29, 1.82) is 0 Å². The van der Waals surface area contributed by atoms with E-state index in [0.717, 1.165) is 11.3 Å². The van der Waals surface area contributed by atoms with E-state index in [4.69, 9.17) is 10.8 Å². The molecule has 0 saturated carbocycles. The van der Waals surface area contributed by atoms with Crippen LogP contribution in [-0.2, 0) is 11.8 Å². The minimum Gasteiger partial charge on any atom is -0.481 e. The number of hydrogen-bond donors (Lipinski definition) is 2. The molecule has 5 nitrogen and oxygen atoms in total. The standard InChI is InChI=1S/C8H13N3O2/c1-5-4-10-11(2)8(5)6(9)3-7(12)13/h4,6H,3,9H2,1-2H3,(H,12,13)/t6-/m1/s1. The van der Waals surface area contributed by atoms with Crippen LogP contribution in [0.25, 0.3) is 0 Å². The number of carboxylic acids is 1. The zero-order valence-corrected chi connectivity index (χ0v) is 7.69. The minimum absolute atomic E-state index is 0.0691. The maximum Gasteiger partial charge on any atom is 0.305 e.